The van der Waals surface area contributed by atoms with Crippen molar-refractivity contribution in [3.63, 3.8) is 0 Å². The van der Waals surface area contributed by atoms with Crippen LogP contribution in [-0.4, -0.2) is 85.8 Å². The van der Waals surface area contributed by atoms with Crippen molar-refractivity contribution in [2.24, 2.45) is 0 Å². The van der Waals surface area contributed by atoms with E-state index in [-0.39, 0.29) is 75.5 Å². The van der Waals surface area contributed by atoms with Crippen molar-refractivity contribution < 1.29 is 10.3 Å². The number of rotatable bonds is 0. The Labute approximate surface area is 94.0 Å². The Bertz CT molecular complexity index is 31.8. The Morgan fingerprint density at radius 1 is 1.50 bits per heavy atom. The molecule has 6 heavy (non-hydrogen) atoms. The van der Waals surface area contributed by atoms with Gasteiger partial charge in [0, 0.05) is 0 Å². The molecule has 0 unspecified atom stereocenters. The van der Waals surface area contributed by atoms with Gasteiger partial charge < -0.3 is 5.21 Å². The van der Waals surface area contributed by atoms with E-state index in [1.165, 1.54) is 0 Å². The fourth-order valence-corrected chi connectivity index (χ4v) is 0. The van der Waals surface area contributed by atoms with E-state index in [1.54, 1.807) is 0 Å². The minimum atomic E-state index is -1.50. The molecule has 0 aliphatic heterocycles. The molecule has 0 atom stereocenters. The third kappa shape index (κ3) is 43.1. The van der Waals surface area contributed by atoms with Crippen LogP contribution >= 0.6 is 0 Å². The molecule has 0 aromatic carbocycles. The first-order chi connectivity index (χ1) is 1.73. The van der Waals surface area contributed by atoms with Gasteiger partial charge in [-0.3, -0.25) is 0 Å². The Hall–Kier alpha value is 1.72. The summed E-state index contributed by atoms with van der Waals surface area (Å²) < 4.78 is 0. The van der Waals surface area contributed by atoms with E-state index in [2.05, 4.69) is 0 Å². The minimum absolute atomic E-state index is 0. The fraction of sp³-hybridized carbons (Fsp3) is 0. The van der Waals surface area contributed by atoms with E-state index in [0.717, 1.165) is 0 Å². The molecule has 0 aromatic heterocycles. The summed E-state index contributed by atoms with van der Waals surface area (Å²) in [5, 5.41) is 13.6. The molecule has 0 saturated carbocycles. The standard InChI is InChI=1S/2Ca.HNO3.4H/c;;2-1(3)4;;;;/h;;(H,2,3,4);;;;. The molecule has 6 heteroatoms. The van der Waals surface area contributed by atoms with Crippen molar-refractivity contribution >= 4 is 75.5 Å². The summed E-state index contributed by atoms with van der Waals surface area (Å²) in [6, 6.07) is 0. The molecule has 0 aliphatic carbocycles. The van der Waals surface area contributed by atoms with Gasteiger partial charge >= 0.3 is 75.5 Å². The van der Waals surface area contributed by atoms with E-state index in [4.69, 9.17) is 15.3 Å². The maximum atomic E-state index is 8.36. The number of hydrogen-bond acceptors (Lipinski definition) is 2. The first-order valence-corrected chi connectivity index (χ1v) is 0.565. The molecule has 0 heterocycles. The fourth-order valence-electron chi connectivity index (χ4n) is 0. The molecule has 0 fully saturated rings. The third-order valence-electron chi connectivity index (χ3n) is 0. The van der Waals surface area contributed by atoms with Crippen LogP contribution in [0.4, 0.5) is 0 Å². The van der Waals surface area contributed by atoms with Crippen LogP contribution in [0.2, 0.25) is 0 Å². The van der Waals surface area contributed by atoms with E-state index in [0.29, 0.717) is 0 Å². The SMILES string of the molecule is O=[N+]([O-])O.[CaH2].[CaH2]. The van der Waals surface area contributed by atoms with Crippen LogP contribution in [-0.2, 0) is 0 Å². The number of hydrogen-bond donors (Lipinski definition) is 1. The van der Waals surface area contributed by atoms with Crippen LogP contribution in [0.5, 0.6) is 0 Å². The van der Waals surface area contributed by atoms with Gasteiger partial charge in [0.05, 0.1) is 0 Å². The van der Waals surface area contributed by atoms with Gasteiger partial charge in [-0.15, -0.1) is 10.1 Å². The third-order valence-corrected chi connectivity index (χ3v) is 0. The summed E-state index contributed by atoms with van der Waals surface area (Å²) in [5.74, 6) is 0. The zero-order valence-electron chi connectivity index (χ0n) is 1.71. The molecule has 0 bridgehead atoms. The van der Waals surface area contributed by atoms with Gasteiger partial charge in [-0.05, 0) is 0 Å². The molecule has 32 valence electrons. The van der Waals surface area contributed by atoms with Crippen molar-refractivity contribution in [3.8, 4) is 0 Å². The summed E-state index contributed by atoms with van der Waals surface area (Å²) in [5.41, 5.74) is 0. The van der Waals surface area contributed by atoms with Gasteiger partial charge in [-0.2, -0.15) is 0 Å². The molecule has 1 N–H and O–H groups in total. The molecule has 0 amide bonds. The Kier molecular flexibility index (Phi) is 25.7. The topological polar surface area (TPSA) is 63.4 Å². The molecular formula is H5Ca2NO3. The average molecular weight is 147 g/mol. The zero-order chi connectivity index (χ0) is 3.58. The quantitative estimate of drug-likeness (QED) is 0.241. The monoisotopic (exact) mass is 147 g/mol. The summed E-state index contributed by atoms with van der Waals surface area (Å²) in [6.07, 6.45) is 0. The predicted octanol–water partition coefficient (Wildman–Crippen LogP) is -2.18. The van der Waals surface area contributed by atoms with Gasteiger partial charge in [0.1, 0.15) is 0 Å². The van der Waals surface area contributed by atoms with Gasteiger partial charge in [-0.1, -0.05) is 0 Å². The summed E-state index contributed by atoms with van der Waals surface area (Å²) in [7, 11) is 0. The molecule has 4 nitrogen and oxygen atoms in total. The summed E-state index contributed by atoms with van der Waals surface area (Å²) in [6.45, 7) is 0. The average Bonchev–Trinajstić information content (AvgIpc) is 0.811. The molecule has 0 aliphatic rings. The second-order valence-electron chi connectivity index (χ2n) is 0.238. The molecule has 0 radical (unpaired) electrons. The van der Waals surface area contributed by atoms with Crippen LogP contribution in [0.15, 0.2) is 0 Å². The first-order valence-electron chi connectivity index (χ1n) is 0.565. The van der Waals surface area contributed by atoms with Crippen LogP contribution in [0.3, 0.4) is 0 Å². The van der Waals surface area contributed by atoms with Crippen molar-refractivity contribution in [2.45, 2.75) is 0 Å². The van der Waals surface area contributed by atoms with E-state index in [1.807, 2.05) is 0 Å². The predicted molar refractivity (Wildman–Crippen MR) is 25.9 cm³/mol. The molecule has 0 aromatic rings. The molecule has 0 rings (SSSR count). The number of nitrogens with zero attached hydrogens (tertiary/aromatic N) is 1. The molecule has 0 saturated heterocycles. The van der Waals surface area contributed by atoms with Crippen molar-refractivity contribution in [3.05, 3.63) is 10.1 Å². The Morgan fingerprint density at radius 3 is 1.50 bits per heavy atom. The van der Waals surface area contributed by atoms with Crippen molar-refractivity contribution in [1.29, 1.82) is 0 Å². The van der Waals surface area contributed by atoms with Crippen molar-refractivity contribution in [2.75, 3.05) is 0 Å². The second-order valence-corrected chi connectivity index (χ2v) is 0.238. The van der Waals surface area contributed by atoms with Gasteiger partial charge in [0.2, 0.25) is 0 Å². The van der Waals surface area contributed by atoms with Crippen LogP contribution in [0.1, 0.15) is 0 Å². The molecular weight excluding hydrogens is 142 g/mol. The van der Waals surface area contributed by atoms with Crippen LogP contribution in [0.25, 0.3) is 0 Å². The van der Waals surface area contributed by atoms with E-state index >= 15 is 0 Å². The Balaban J connectivity index is -0.0000000450. The van der Waals surface area contributed by atoms with Crippen molar-refractivity contribution in [1.82, 2.24) is 0 Å². The summed E-state index contributed by atoms with van der Waals surface area (Å²) >= 11 is 0. The molecule has 0 spiro atoms. The van der Waals surface area contributed by atoms with Gasteiger partial charge in [0.15, 0.2) is 0 Å². The summed E-state index contributed by atoms with van der Waals surface area (Å²) in [4.78, 5) is 8.36. The van der Waals surface area contributed by atoms with E-state index < -0.39 is 5.09 Å². The maximum absolute atomic E-state index is 8.36. The normalized spacial score (nSPS) is 4.00. The van der Waals surface area contributed by atoms with Gasteiger partial charge in [0.25, 0.3) is 5.09 Å². The zero-order valence-corrected chi connectivity index (χ0v) is 1.71. The second kappa shape index (κ2) is 9.87. The van der Waals surface area contributed by atoms with Crippen LogP contribution in [0, 0.1) is 10.1 Å². The first kappa shape index (κ1) is 15.6. The van der Waals surface area contributed by atoms with Gasteiger partial charge in [-0.25, -0.2) is 0 Å². The Morgan fingerprint density at radius 2 is 1.50 bits per heavy atom. The van der Waals surface area contributed by atoms with E-state index in [9.17, 15) is 0 Å². The van der Waals surface area contributed by atoms with Crippen LogP contribution < -0.4 is 0 Å².